The molecular weight excluding hydrogens is 376 g/mol. The fourth-order valence-corrected chi connectivity index (χ4v) is 9.49. The van der Waals surface area contributed by atoms with Gasteiger partial charge in [-0.05, 0) is 117 Å². The molecule has 4 rings (SSSR count). The van der Waals surface area contributed by atoms with Crippen molar-refractivity contribution < 1.29 is 5.11 Å². The summed E-state index contributed by atoms with van der Waals surface area (Å²) in [4.78, 5) is 0. The summed E-state index contributed by atoms with van der Waals surface area (Å²) in [6.45, 7) is 19.6. The van der Waals surface area contributed by atoms with Gasteiger partial charge in [0.15, 0.2) is 0 Å². The van der Waals surface area contributed by atoms with E-state index in [-0.39, 0.29) is 11.5 Å². The molecule has 0 amide bonds. The summed E-state index contributed by atoms with van der Waals surface area (Å²) in [7, 11) is 0. The lowest BCUT2D eigenvalue weighted by Crippen LogP contribution is -2.58. The van der Waals surface area contributed by atoms with Crippen LogP contribution in [-0.2, 0) is 0 Å². The van der Waals surface area contributed by atoms with Gasteiger partial charge in [0.1, 0.15) is 0 Å². The third kappa shape index (κ3) is 3.34. The number of allylic oxidation sites excluding steroid dienone is 4. The Morgan fingerprint density at radius 3 is 2.45 bits per heavy atom. The van der Waals surface area contributed by atoms with Crippen molar-refractivity contribution in [3.05, 3.63) is 23.3 Å². The minimum Gasteiger partial charge on any atom is -0.393 e. The molecule has 4 aliphatic rings. The fraction of sp³-hybridized carbons (Fsp3) is 0.867. The van der Waals surface area contributed by atoms with Gasteiger partial charge in [0.2, 0.25) is 0 Å². The molecule has 1 nitrogen and oxygen atoms in total. The highest BCUT2D eigenvalue weighted by atomic mass is 16.3. The Labute approximate surface area is 193 Å². The standard InChI is InChI=1S/C30H50O/c1-20(2)10-9-11-21(3)22-14-18-30(8)24-12-13-25-27(4,5)26(31)16-17-28(25,6)23(24)15-19-29(22,30)7/h10,12,21-23,25-26,31H,9,11,13-19H2,1-8H3/t21-,22+,23-,25+,26+,28-,29-,30+/m1/s1. The minimum atomic E-state index is -0.137. The Kier molecular flexibility index (Phi) is 5.90. The third-order valence-electron chi connectivity index (χ3n) is 11.7. The Bertz CT molecular complexity index is 754. The van der Waals surface area contributed by atoms with Crippen LogP contribution < -0.4 is 0 Å². The van der Waals surface area contributed by atoms with Crippen LogP contribution in [0, 0.1) is 45.3 Å². The summed E-state index contributed by atoms with van der Waals surface area (Å²) in [5.41, 5.74) is 4.53. The van der Waals surface area contributed by atoms with Crippen LogP contribution in [0.2, 0.25) is 0 Å². The highest BCUT2D eigenvalue weighted by molar-refractivity contribution is 5.33. The Hall–Kier alpha value is -0.560. The van der Waals surface area contributed by atoms with Crippen molar-refractivity contribution in [3.63, 3.8) is 0 Å². The molecule has 3 saturated carbocycles. The lowest BCUT2D eigenvalue weighted by atomic mass is 9.41. The van der Waals surface area contributed by atoms with Gasteiger partial charge in [-0.1, -0.05) is 64.8 Å². The zero-order valence-corrected chi connectivity index (χ0v) is 21.9. The van der Waals surface area contributed by atoms with Gasteiger partial charge >= 0.3 is 0 Å². The predicted molar refractivity (Wildman–Crippen MR) is 133 cm³/mol. The van der Waals surface area contributed by atoms with E-state index >= 15 is 0 Å². The van der Waals surface area contributed by atoms with E-state index in [1.165, 1.54) is 56.9 Å². The maximum Gasteiger partial charge on any atom is 0.0594 e. The van der Waals surface area contributed by atoms with Crippen molar-refractivity contribution in [2.45, 2.75) is 119 Å². The maximum atomic E-state index is 10.8. The molecule has 0 radical (unpaired) electrons. The first-order valence-electron chi connectivity index (χ1n) is 13.4. The number of hydrogen-bond acceptors (Lipinski definition) is 1. The van der Waals surface area contributed by atoms with Gasteiger partial charge in [-0.3, -0.25) is 0 Å². The van der Waals surface area contributed by atoms with E-state index in [9.17, 15) is 5.11 Å². The molecule has 0 bridgehead atoms. The topological polar surface area (TPSA) is 20.2 Å². The summed E-state index contributed by atoms with van der Waals surface area (Å²) in [5, 5.41) is 10.8. The van der Waals surface area contributed by atoms with E-state index in [0.29, 0.717) is 22.2 Å². The van der Waals surface area contributed by atoms with Gasteiger partial charge in [0.05, 0.1) is 6.10 Å². The second kappa shape index (κ2) is 7.75. The van der Waals surface area contributed by atoms with E-state index in [4.69, 9.17) is 0 Å². The van der Waals surface area contributed by atoms with Crippen molar-refractivity contribution in [1.82, 2.24) is 0 Å². The van der Waals surface area contributed by atoms with Gasteiger partial charge in [0, 0.05) is 0 Å². The van der Waals surface area contributed by atoms with E-state index in [1.807, 2.05) is 5.57 Å². The maximum absolute atomic E-state index is 10.8. The molecule has 0 spiro atoms. The molecule has 0 aliphatic heterocycles. The molecule has 0 aromatic rings. The van der Waals surface area contributed by atoms with Crippen LogP contribution in [-0.4, -0.2) is 11.2 Å². The molecular formula is C30H50O. The minimum absolute atomic E-state index is 0.0360. The van der Waals surface area contributed by atoms with Gasteiger partial charge in [-0.15, -0.1) is 0 Å². The lowest BCUT2D eigenvalue weighted by Gasteiger charge is -2.64. The molecule has 8 atom stereocenters. The van der Waals surface area contributed by atoms with Gasteiger partial charge in [-0.25, -0.2) is 0 Å². The van der Waals surface area contributed by atoms with Crippen molar-refractivity contribution in [2.75, 3.05) is 0 Å². The second-order valence-electron chi connectivity index (χ2n) is 13.7. The molecule has 0 saturated heterocycles. The molecule has 0 heterocycles. The highest BCUT2D eigenvalue weighted by Gasteiger charge is 2.65. The molecule has 0 aromatic heterocycles. The van der Waals surface area contributed by atoms with Crippen molar-refractivity contribution in [1.29, 1.82) is 0 Å². The lowest BCUT2D eigenvalue weighted by molar-refractivity contribution is -0.131. The molecule has 1 N–H and O–H groups in total. The zero-order chi connectivity index (χ0) is 22.8. The van der Waals surface area contributed by atoms with Crippen molar-refractivity contribution in [2.24, 2.45) is 45.3 Å². The Morgan fingerprint density at radius 1 is 1.06 bits per heavy atom. The van der Waals surface area contributed by atoms with Crippen LogP contribution >= 0.6 is 0 Å². The fourth-order valence-electron chi connectivity index (χ4n) is 9.49. The second-order valence-corrected chi connectivity index (χ2v) is 13.7. The average Bonchev–Trinajstić information content (AvgIpc) is 2.96. The van der Waals surface area contributed by atoms with Crippen LogP contribution in [0.25, 0.3) is 0 Å². The smallest absolute Gasteiger partial charge is 0.0594 e. The normalized spacial score (nSPS) is 46.9. The number of hydrogen-bond donors (Lipinski definition) is 1. The summed E-state index contributed by atoms with van der Waals surface area (Å²) < 4.78 is 0. The molecule has 1 heteroatoms. The first-order chi connectivity index (χ1) is 14.4. The van der Waals surface area contributed by atoms with Crippen molar-refractivity contribution >= 4 is 0 Å². The monoisotopic (exact) mass is 426 g/mol. The summed E-state index contributed by atoms with van der Waals surface area (Å²) in [6.07, 6.45) is 16.5. The molecule has 0 unspecified atom stereocenters. The predicted octanol–water partition coefficient (Wildman–Crippen LogP) is 8.34. The molecule has 4 aliphatic carbocycles. The first-order valence-corrected chi connectivity index (χ1v) is 13.4. The largest absolute Gasteiger partial charge is 0.393 e. The van der Waals surface area contributed by atoms with Gasteiger partial charge in [-0.2, -0.15) is 0 Å². The Morgan fingerprint density at radius 2 is 1.77 bits per heavy atom. The highest BCUT2D eigenvalue weighted by Crippen LogP contribution is 2.73. The van der Waals surface area contributed by atoms with E-state index in [0.717, 1.165) is 24.2 Å². The van der Waals surface area contributed by atoms with E-state index in [1.54, 1.807) is 0 Å². The number of aliphatic hydroxyl groups is 1. The first kappa shape index (κ1) is 23.6. The molecule has 3 fully saturated rings. The van der Waals surface area contributed by atoms with Gasteiger partial charge in [0.25, 0.3) is 0 Å². The molecule has 0 aromatic carbocycles. The van der Waals surface area contributed by atoms with E-state index < -0.39 is 0 Å². The van der Waals surface area contributed by atoms with Crippen LogP contribution in [0.5, 0.6) is 0 Å². The molecule has 31 heavy (non-hydrogen) atoms. The zero-order valence-electron chi connectivity index (χ0n) is 21.9. The quantitative estimate of drug-likeness (QED) is 0.448. The summed E-state index contributed by atoms with van der Waals surface area (Å²) >= 11 is 0. The molecule has 176 valence electrons. The summed E-state index contributed by atoms with van der Waals surface area (Å²) in [6, 6.07) is 0. The van der Waals surface area contributed by atoms with Crippen molar-refractivity contribution in [3.8, 4) is 0 Å². The van der Waals surface area contributed by atoms with E-state index in [2.05, 4.69) is 67.5 Å². The average molecular weight is 427 g/mol. The van der Waals surface area contributed by atoms with Crippen LogP contribution in [0.15, 0.2) is 23.3 Å². The SMILES string of the molecule is CC(C)=CCC[C@@H](C)[C@@H]1CC[C@@]2(C)C3=CC[C@H]4C(C)(C)[C@@H](O)CC[C@]4(C)[C@@H]3CC[C@]12C. The number of rotatable bonds is 4. The Balaban J connectivity index is 1.62. The summed E-state index contributed by atoms with van der Waals surface area (Å²) in [5.74, 6) is 3.02. The third-order valence-corrected chi connectivity index (χ3v) is 11.7. The number of aliphatic hydroxyl groups excluding tert-OH is 1. The van der Waals surface area contributed by atoms with Crippen LogP contribution in [0.4, 0.5) is 0 Å². The van der Waals surface area contributed by atoms with Crippen LogP contribution in [0.3, 0.4) is 0 Å². The van der Waals surface area contributed by atoms with Crippen LogP contribution in [0.1, 0.15) is 113 Å². The van der Waals surface area contributed by atoms with Gasteiger partial charge < -0.3 is 5.11 Å². The number of fused-ring (bicyclic) bond motifs is 5.